The molecule has 71 heavy (non-hydrogen) atoms. The number of allylic oxidation sites excluding steroid dienone is 17. The normalized spacial score (nSPS) is 19.4. The molecule has 0 aromatic rings. The van der Waals surface area contributed by atoms with Gasteiger partial charge in [0.2, 0.25) is 0 Å². The lowest BCUT2D eigenvalue weighted by molar-refractivity contribution is -0.301. The summed E-state index contributed by atoms with van der Waals surface area (Å²) in [6.45, 7) is 5.64. The Morgan fingerprint density at radius 2 is 0.930 bits per heavy atom. The minimum Gasteiger partial charge on any atom is -0.479 e. The molecular formula is C59H92O12. The number of carbonyl (C=O) groups excluding carboxylic acids is 3. The summed E-state index contributed by atoms with van der Waals surface area (Å²) in [5.41, 5.74) is 0. The van der Waals surface area contributed by atoms with Gasteiger partial charge in [-0.15, -0.1) is 0 Å². The van der Waals surface area contributed by atoms with Crippen LogP contribution in [0, 0.1) is 0 Å². The Morgan fingerprint density at radius 3 is 1.42 bits per heavy atom. The first-order valence-electron chi connectivity index (χ1n) is 26.9. The Morgan fingerprint density at radius 1 is 0.493 bits per heavy atom. The SMILES string of the molecule is CC/C=C\C/C=C\C/C=C\C/C=C\C/C=C\CC(=O)OC1C(OCC(COC(=O)CCCCCCC/C=C\C/C=C\CCC)OC(=O)CCCCCCC/C=C\C/C=C\CCC)OC(C(=O)O)C(O)C1O. The van der Waals surface area contributed by atoms with Gasteiger partial charge in [-0.3, -0.25) is 14.4 Å². The molecule has 400 valence electrons. The summed E-state index contributed by atoms with van der Waals surface area (Å²) in [7, 11) is 0. The van der Waals surface area contributed by atoms with Gasteiger partial charge in [0.15, 0.2) is 24.6 Å². The Labute approximate surface area is 427 Å². The van der Waals surface area contributed by atoms with Crippen molar-refractivity contribution in [2.24, 2.45) is 0 Å². The number of ether oxygens (including phenoxy) is 5. The van der Waals surface area contributed by atoms with E-state index in [0.29, 0.717) is 19.3 Å². The molecule has 0 aromatic carbocycles. The van der Waals surface area contributed by atoms with Crippen molar-refractivity contribution in [1.82, 2.24) is 0 Å². The van der Waals surface area contributed by atoms with Gasteiger partial charge in [-0.2, -0.15) is 0 Å². The van der Waals surface area contributed by atoms with Crippen LogP contribution in [0.1, 0.15) is 188 Å². The molecule has 0 radical (unpaired) electrons. The fourth-order valence-electron chi connectivity index (χ4n) is 7.22. The third kappa shape index (κ3) is 36.9. The van der Waals surface area contributed by atoms with E-state index in [9.17, 15) is 34.5 Å². The number of unbranched alkanes of at least 4 members (excludes halogenated alkanes) is 12. The molecule has 1 heterocycles. The van der Waals surface area contributed by atoms with Gasteiger partial charge in [0, 0.05) is 12.8 Å². The number of esters is 3. The van der Waals surface area contributed by atoms with Gasteiger partial charge in [-0.05, 0) is 96.3 Å². The van der Waals surface area contributed by atoms with Crippen LogP contribution < -0.4 is 0 Å². The molecule has 1 aliphatic heterocycles. The average molecular weight is 993 g/mol. The third-order valence-electron chi connectivity index (χ3n) is 11.3. The van der Waals surface area contributed by atoms with Crippen LogP contribution in [-0.4, -0.2) is 89.2 Å². The minimum atomic E-state index is -1.94. The molecule has 1 saturated heterocycles. The van der Waals surface area contributed by atoms with Gasteiger partial charge in [0.25, 0.3) is 0 Å². The Hall–Kier alpha value is -4.62. The quantitative estimate of drug-likeness (QED) is 0.0229. The zero-order chi connectivity index (χ0) is 51.8. The molecule has 12 heteroatoms. The highest BCUT2D eigenvalue weighted by Crippen LogP contribution is 2.26. The maximum absolute atomic E-state index is 13.1. The van der Waals surface area contributed by atoms with Crippen LogP contribution in [0.5, 0.6) is 0 Å². The third-order valence-corrected chi connectivity index (χ3v) is 11.3. The Balaban J connectivity index is 2.80. The zero-order valence-corrected chi connectivity index (χ0v) is 43.7. The van der Waals surface area contributed by atoms with Crippen LogP contribution in [0.3, 0.4) is 0 Å². The molecule has 0 amide bonds. The number of carboxylic acids is 1. The number of rotatable bonds is 43. The molecule has 3 N–H and O–H groups in total. The van der Waals surface area contributed by atoms with Gasteiger partial charge in [-0.1, -0.05) is 182 Å². The van der Waals surface area contributed by atoms with E-state index >= 15 is 0 Å². The van der Waals surface area contributed by atoms with Gasteiger partial charge < -0.3 is 39.0 Å². The van der Waals surface area contributed by atoms with Crippen molar-refractivity contribution in [3.63, 3.8) is 0 Å². The van der Waals surface area contributed by atoms with E-state index in [-0.39, 0.29) is 25.9 Å². The number of aliphatic hydroxyl groups is 2. The van der Waals surface area contributed by atoms with Crippen LogP contribution in [0.15, 0.2) is 109 Å². The maximum atomic E-state index is 13.1. The molecule has 1 fully saturated rings. The second-order valence-corrected chi connectivity index (χ2v) is 17.8. The largest absolute Gasteiger partial charge is 0.479 e. The molecule has 6 unspecified atom stereocenters. The number of hydrogen-bond donors (Lipinski definition) is 3. The Bertz CT molecular complexity index is 1650. The van der Waals surface area contributed by atoms with E-state index < -0.39 is 67.3 Å². The predicted molar refractivity (Wildman–Crippen MR) is 284 cm³/mol. The first kappa shape index (κ1) is 64.4. The summed E-state index contributed by atoms with van der Waals surface area (Å²) in [4.78, 5) is 50.8. The van der Waals surface area contributed by atoms with Crippen molar-refractivity contribution in [3.05, 3.63) is 109 Å². The van der Waals surface area contributed by atoms with Crippen molar-refractivity contribution >= 4 is 23.9 Å². The molecule has 0 saturated carbocycles. The van der Waals surface area contributed by atoms with E-state index in [1.807, 2.05) is 12.2 Å². The molecule has 1 aliphatic rings. The maximum Gasteiger partial charge on any atom is 0.335 e. The number of aliphatic hydroxyl groups excluding tert-OH is 2. The fourth-order valence-corrected chi connectivity index (χ4v) is 7.22. The lowest BCUT2D eigenvalue weighted by atomic mass is 9.98. The molecule has 0 aromatic heterocycles. The summed E-state index contributed by atoms with van der Waals surface area (Å²) in [6, 6.07) is 0. The summed E-state index contributed by atoms with van der Waals surface area (Å²) in [5.74, 6) is -3.34. The topological polar surface area (TPSA) is 175 Å². The van der Waals surface area contributed by atoms with Crippen molar-refractivity contribution in [3.8, 4) is 0 Å². The van der Waals surface area contributed by atoms with Crippen LogP contribution in [0.25, 0.3) is 0 Å². The summed E-state index contributed by atoms with van der Waals surface area (Å²) < 4.78 is 28.2. The van der Waals surface area contributed by atoms with E-state index in [0.717, 1.165) is 128 Å². The van der Waals surface area contributed by atoms with Crippen LogP contribution in [-0.2, 0) is 42.9 Å². The number of hydrogen-bond acceptors (Lipinski definition) is 11. The van der Waals surface area contributed by atoms with Gasteiger partial charge in [-0.25, -0.2) is 4.79 Å². The zero-order valence-electron chi connectivity index (χ0n) is 43.7. The van der Waals surface area contributed by atoms with E-state index in [1.54, 1.807) is 12.2 Å². The highest BCUT2D eigenvalue weighted by Gasteiger charge is 2.50. The highest BCUT2D eigenvalue weighted by molar-refractivity contribution is 5.74. The second kappa shape index (κ2) is 46.5. The average Bonchev–Trinajstić information content (AvgIpc) is 3.35. The van der Waals surface area contributed by atoms with Gasteiger partial charge in [0.05, 0.1) is 13.0 Å². The minimum absolute atomic E-state index is 0.127. The van der Waals surface area contributed by atoms with Crippen molar-refractivity contribution in [2.75, 3.05) is 13.2 Å². The Kier molecular flexibility index (Phi) is 42.1. The summed E-state index contributed by atoms with van der Waals surface area (Å²) in [6.07, 6.45) is 49.5. The van der Waals surface area contributed by atoms with Crippen molar-refractivity contribution in [2.45, 2.75) is 225 Å². The predicted octanol–water partition coefficient (Wildman–Crippen LogP) is 13.1. The van der Waals surface area contributed by atoms with Crippen LogP contribution in [0.4, 0.5) is 0 Å². The van der Waals surface area contributed by atoms with Gasteiger partial charge in [0.1, 0.15) is 18.8 Å². The van der Waals surface area contributed by atoms with E-state index in [1.165, 1.54) is 0 Å². The fraction of sp³-hybridized carbons (Fsp3) is 0.627. The monoisotopic (exact) mass is 993 g/mol. The molecule has 12 nitrogen and oxygen atoms in total. The van der Waals surface area contributed by atoms with Crippen LogP contribution >= 0.6 is 0 Å². The van der Waals surface area contributed by atoms with Crippen molar-refractivity contribution in [1.29, 1.82) is 0 Å². The van der Waals surface area contributed by atoms with Gasteiger partial charge >= 0.3 is 23.9 Å². The highest BCUT2D eigenvalue weighted by atomic mass is 16.7. The summed E-state index contributed by atoms with van der Waals surface area (Å²) >= 11 is 0. The number of aliphatic carboxylic acids is 1. The lowest BCUT2D eigenvalue weighted by Gasteiger charge is -2.40. The van der Waals surface area contributed by atoms with E-state index in [2.05, 4.69) is 106 Å². The smallest absolute Gasteiger partial charge is 0.335 e. The first-order chi connectivity index (χ1) is 34.6. The molecule has 0 bridgehead atoms. The lowest BCUT2D eigenvalue weighted by Crippen LogP contribution is -2.61. The number of carbonyl (C=O) groups is 4. The number of carboxylic acid groups (broad SMARTS) is 1. The molecule has 6 atom stereocenters. The van der Waals surface area contributed by atoms with Crippen molar-refractivity contribution < 1.29 is 58.2 Å². The second-order valence-electron chi connectivity index (χ2n) is 17.8. The first-order valence-corrected chi connectivity index (χ1v) is 26.9. The van der Waals surface area contributed by atoms with Crippen LogP contribution in [0.2, 0.25) is 0 Å². The molecule has 0 aliphatic carbocycles. The molecule has 1 rings (SSSR count). The van der Waals surface area contributed by atoms with E-state index in [4.69, 9.17) is 23.7 Å². The standard InChI is InChI=1S/C59H92O12/c1-4-7-10-13-16-19-22-25-26-29-32-35-38-41-44-47-53(62)70-57-55(64)54(63)56(58(65)66)71-59(57)68-49-50(69-52(61)46-43-40-37-34-31-28-24-21-18-15-12-9-6-3)48-67-51(60)45-42-39-36-33-30-27-23-20-17-14-11-8-5-2/h7,10-12,14-16,19-21,23-26,32,35,41,44,50,54-57,59,63-64H,4-6,8-9,13,17-18,22,27-31,33-34,36-40,42-43,45-49H2,1-3H3,(H,65,66)/b10-7-,14-11-,15-12-,19-16-,23-20-,24-21-,26-25-,35-32-,44-41-. The summed E-state index contributed by atoms with van der Waals surface area (Å²) in [5, 5.41) is 31.3. The molecular weight excluding hydrogens is 901 g/mol. The molecule has 0 spiro atoms.